The predicted octanol–water partition coefficient (Wildman–Crippen LogP) is 0.915. The molecule has 2 aliphatic rings. The van der Waals surface area contributed by atoms with Gasteiger partial charge in [0.1, 0.15) is 11.9 Å². The first kappa shape index (κ1) is 13.7. The van der Waals surface area contributed by atoms with Crippen LogP contribution in [0.25, 0.3) is 0 Å². The summed E-state index contributed by atoms with van der Waals surface area (Å²) in [7, 11) is 0. The molecular formula is C14H22N4O2. The van der Waals surface area contributed by atoms with Crippen molar-refractivity contribution in [2.75, 3.05) is 38.6 Å². The largest absolute Gasteiger partial charge is 0.383 e. The maximum Gasteiger partial charge on any atom is 0.161 e. The molecule has 2 N–H and O–H groups in total. The lowest BCUT2D eigenvalue weighted by atomic mass is 10.1. The molecule has 1 fully saturated rings. The van der Waals surface area contributed by atoms with Gasteiger partial charge in [-0.3, -0.25) is 4.90 Å². The molecule has 0 spiro atoms. The first-order chi connectivity index (χ1) is 9.78. The highest BCUT2D eigenvalue weighted by Gasteiger charge is 2.26. The Bertz CT molecular complexity index is 478. The summed E-state index contributed by atoms with van der Waals surface area (Å²) in [5.74, 6) is 1.27. The van der Waals surface area contributed by atoms with Crippen molar-refractivity contribution in [3.05, 3.63) is 17.1 Å². The number of ether oxygens (including phenoxy) is 2. The van der Waals surface area contributed by atoms with Gasteiger partial charge >= 0.3 is 0 Å². The molecule has 0 aromatic carbocycles. The number of nitrogen functional groups attached to an aromatic ring is 1. The summed E-state index contributed by atoms with van der Waals surface area (Å²) >= 11 is 0. The lowest BCUT2D eigenvalue weighted by Gasteiger charge is -2.32. The van der Waals surface area contributed by atoms with Crippen molar-refractivity contribution in [1.82, 2.24) is 14.9 Å². The minimum atomic E-state index is -0.0641. The molecule has 1 saturated heterocycles. The molecule has 2 aliphatic heterocycles. The van der Waals surface area contributed by atoms with Gasteiger partial charge in [0, 0.05) is 25.1 Å². The second-order valence-electron chi connectivity index (χ2n) is 5.35. The van der Waals surface area contributed by atoms with Crippen LogP contribution in [0.3, 0.4) is 0 Å². The van der Waals surface area contributed by atoms with Crippen LogP contribution in [0.5, 0.6) is 0 Å². The lowest BCUT2D eigenvalue weighted by Crippen LogP contribution is -2.39. The molecule has 3 heterocycles. The molecule has 1 unspecified atom stereocenters. The van der Waals surface area contributed by atoms with Crippen molar-refractivity contribution in [1.29, 1.82) is 0 Å². The van der Waals surface area contributed by atoms with Crippen LogP contribution in [0.1, 0.15) is 36.5 Å². The van der Waals surface area contributed by atoms with E-state index in [-0.39, 0.29) is 6.10 Å². The van der Waals surface area contributed by atoms with Crippen molar-refractivity contribution in [3.8, 4) is 0 Å². The zero-order chi connectivity index (χ0) is 13.9. The summed E-state index contributed by atoms with van der Waals surface area (Å²) in [5.41, 5.74) is 8.01. The normalized spacial score (nSPS) is 23.6. The Morgan fingerprint density at radius 2 is 2.25 bits per heavy atom. The monoisotopic (exact) mass is 278 g/mol. The number of rotatable bonds is 3. The Hall–Kier alpha value is -1.24. The third-order valence-electron chi connectivity index (χ3n) is 3.85. The summed E-state index contributed by atoms with van der Waals surface area (Å²) < 4.78 is 11.2. The molecule has 1 atom stereocenters. The van der Waals surface area contributed by atoms with Crippen LogP contribution >= 0.6 is 0 Å². The van der Waals surface area contributed by atoms with E-state index in [0.717, 1.165) is 56.2 Å². The molecule has 3 rings (SSSR count). The number of nitrogens with two attached hydrogens (primary N) is 1. The number of hydrogen-bond acceptors (Lipinski definition) is 6. The van der Waals surface area contributed by atoms with E-state index in [9.17, 15) is 0 Å². The second kappa shape index (κ2) is 6.03. The molecule has 1 aromatic rings. The predicted molar refractivity (Wildman–Crippen MR) is 75.2 cm³/mol. The zero-order valence-electron chi connectivity index (χ0n) is 12.0. The van der Waals surface area contributed by atoms with Crippen LogP contribution < -0.4 is 5.73 Å². The van der Waals surface area contributed by atoms with Gasteiger partial charge in [0.05, 0.1) is 25.5 Å². The Labute approximate surface area is 119 Å². The highest BCUT2D eigenvalue weighted by atomic mass is 16.5. The Morgan fingerprint density at radius 3 is 3.10 bits per heavy atom. The van der Waals surface area contributed by atoms with Crippen molar-refractivity contribution in [2.24, 2.45) is 0 Å². The van der Waals surface area contributed by atoms with Crippen LogP contribution in [-0.2, 0) is 22.5 Å². The average Bonchev–Trinajstić information content (AvgIpc) is 2.48. The molecule has 6 heteroatoms. The fourth-order valence-corrected chi connectivity index (χ4v) is 2.80. The van der Waals surface area contributed by atoms with Crippen LogP contribution in [-0.4, -0.2) is 47.7 Å². The fourth-order valence-electron chi connectivity index (χ4n) is 2.80. The zero-order valence-corrected chi connectivity index (χ0v) is 12.0. The van der Waals surface area contributed by atoms with E-state index in [1.807, 2.05) is 0 Å². The molecule has 0 radical (unpaired) electrons. The SMILES string of the molecule is CCCN1CCOC(c2nc(N)c3c(n2)CCOC3)C1. The van der Waals surface area contributed by atoms with E-state index in [0.29, 0.717) is 19.0 Å². The van der Waals surface area contributed by atoms with Crippen molar-refractivity contribution >= 4 is 5.82 Å². The number of anilines is 1. The standard InChI is InChI=1S/C14H22N4O2/c1-2-4-18-5-7-20-12(8-18)14-16-11-3-6-19-9-10(11)13(15)17-14/h12H,2-9H2,1H3,(H2,15,16,17). The Balaban J connectivity index is 1.81. The van der Waals surface area contributed by atoms with Gasteiger partial charge in [-0.15, -0.1) is 0 Å². The van der Waals surface area contributed by atoms with Crippen LogP contribution in [0.4, 0.5) is 5.82 Å². The number of nitrogens with zero attached hydrogens (tertiary/aromatic N) is 3. The first-order valence-corrected chi connectivity index (χ1v) is 7.34. The first-order valence-electron chi connectivity index (χ1n) is 7.34. The minimum Gasteiger partial charge on any atom is -0.383 e. The Morgan fingerprint density at radius 1 is 1.35 bits per heavy atom. The smallest absolute Gasteiger partial charge is 0.161 e. The number of hydrogen-bond donors (Lipinski definition) is 1. The van der Waals surface area contributed by atoms with E-state index < -0.39 is 0 Å². The van der Waals surface area contributed by atoms with E-state index in [1.54, 1.807) is 0 Å². The fraction of sp³-hybridized carbons (Fsp3) is 0.714. The van der Waals surface area contributed by atoms with E-state index in [1.165, 1.54) is 0 Å². The maximum atomic E-state index is 6.04. The minimum absolute atomic E-state index is 0.0641. The third-order valence-corrected chi connectivity index (χ3v) is 3.85. The van der Waals surface area contributed by atoms with Crippen LogP contribution in [0.15, 0.2) is 0 Å². The average molecular weight is 278 g/mol. The van der Waals surface area contributed by atoms with Gasteiger partial charge in [0.2, 0.25) is 0 Å². The molecule has 0 saturated carbocycles. The molecule has 0 bridgehead atoms. The Kier molecular flexibility index (Phi) is 4.14. The molecule has 110 valence electrons. The van der Waals surface area contributed by atoms with Crippen LogP contribution in [0.2, 0.25) is 0 Å². The number of fused-ring (bicyclic) bond motifs is 1. The summed E-state index contributed by atoms with van der Waals surface area (Å²) in [6.07, 6.45) is 1.89. The second-order valence-corrected chi connectivity index (χ2v) is 5.35. The summed E-state index contributed by atoms with van der Waals surface area (Å²) in [4.78, 5) is 11.5. The molecule has 1 aromatic heterocycles. The van der Waals surface area contributed by atoms with Gasteiger partial charge in [0.25, 0.3) is 0 Å². The molecule has 6 nitrogen and oxygen atoms in total. The topological polar surface area (TPSA) is 73.5 Å². The van der Waals surface area contributed by atoms with Gasteiger partial charge in [-0.1, -0.05) is 6.92 Å². The lowest BCUT2D eigenvalue weighted by molar-refractivity contribution is -0.0344. The van der Waals surface area contributed by atoms with E-state index >= 15 is 0 Å². The van der Waals surface area contributed by atoms with Gasteiger partial charge < -0.3 is 15.2 Å². The summed E-state index contributed by atoms with van der Waals surface area (Å²) in [6, 6.07) is 0. The molecular weight excluding hydrogens is 256 g/mol. The van der Waals surface area contributed by atoms with Gasteiger partial charge in [-0.05, 0) is 13.0 Å². The van der Waals surface area contributed by atoms with Gasteiger partial charge in [-0.25, -0.2) is 9.97 Å². The van der Waals surface area contributed by atoms with E-state index in [2.05, 4.69) is 21.8 Å². The molecule has 0 amide bonds. The van der Waals surface area contributed by atoms with Crippen molar-refractivity contribution < 1.29 is 9.47 Å². The van der Waals surface area contributed by atoms with Crippen molar-refractivity contribution in [3.63, 3.8) is 0 Å². The maximum absolute atomic E-state index is 6.04. The van der Waals surface area contributed by atoms with Gasteiger partial charge in [-0.2, -0.15) is 0 Å². The molecule has 0 aliphatic carbocycles. The summed E-state index contributed by atoms with van der Waals surface area (Å²) in [6.45, 7) is 7.08. The highest BCUT2D eigenvalue weighted by Crippen LogP contribution is 2.25. The molecule has 20 heavy (non-hydrogen) atoms. The van der Waals surface area contributed by atoms with Gasteiger partial charge in [0.15, 0.2) is 5.82 Å². The van der Waals surface area contributed by atoms with Crippen molar-refractivity contribution in [2.45, 2.75) is 32.5 Å². The number of aromatic nitrogens is 2. The number of morpholine rings is 1. The van der Waals surface area contributed by atoms with Crippen LogP contribution in [0, 0.1) is 0 Å². The summed E-state index contributed by atoms with van der Waals surface area (Å²) in [5, 5.41) is 0. The highest BCUT2D eigenvalue weighted by molar-refractivity contribution is 5.43. The quantitative estimate of drug-likeness (QED) is 0.886. The van der Waals surface area contributed by atoms with E-state index in [4.69, 9.17) is 15.2 Å². The third kappa shape index (κ3) is 2.77.